The van der Waals surface area contributed by atoms with Crippen molar-refractivity contribution in [2.75, 3.05) is 52.5 Å². The lowest BCUT2D eigenvalue weighted by Crippen LogP contribution is -2.51. The summed E-state index contributed by atoms with van der Waals surface area (Å²) in [5.74, 6) is 0.247. The van der Waals surface area contributed by atoms with Crippen LogP contribution < -0.4 is 5.32 Å². The number of amides is 1. The molecule has 0 bridgehead atoms. The molecule has 1 N–H and O–H groups in total. The van der Waals surface area contributed by atoms with Crippen molar-refractivity contribution < 1.29 is 9.53 Å². The van der Waals surface area contributed by atoms with Crippen LogP contribution in [0.15, 0.2) is 12.7 Å². The molecule has 0 aromatic rings. The monoisotopic (exact) mass is 253 g/mol. The number of hydrogen-bond donors (Lipinski definition) is 1. The van der Waals surface area contributed by atoms with Gasteiger partial charge in [0.15, 0.2) is 0 Å². The second-order valence-electron chi connectivity index (χ2n) is 4.90. The third-order valence-corrected chi connectivity index (χ3v) is 3.53. The Kier molecular flexibility index (Phi) is 5.16. The van der Waals surface area contributed by atoms with Crippen LogP contribution in [0.5, 0.6) is 0 Å². The molecule has 2 heterocycles. The minimum Gasteiger partial charge on any atom is -0.378 e. The van der Waals surface area contributed by atoms with Crippen molar-refractivity contribution in [3.63, 3.8) is 0 Å². The minimum absolute atomic E-state index is 0.192. The van der Waals surface area contributed by atoms with Crippen LogP contribution in [0.1, 0.15) is 6.42 Å². The molecule has 0 spiro atoms. The minimum atomic E-state index is 0.192. The number of rotatable bonds is 4. The average molecular weight is 253 g/mol. The summed E-state index contributed by atoms with van der Waals surface area (Å²) in [6.45, 7) is 10.5. The molecule has 2 saturated heterocycles. The number of piperazine rings is 1. The molecule has 0 aromatic heterocycles. The van der Waals surface area contributed by atoms with Crippen LogP contribution in [-0.2, 0) is 9.53 Å². The van der Waals surface area contributed by atoms with Crippen molar-refractivity contribution in [1.29, 1.82) is 0 Å². The molecule has 0 saturated carbocycles. The number of nitrogens with zero attached hydrogens (tertiary/aromatic N) is 2. The highest BCUT2D eigenvalue weighted by Crippen LogP contribution is 2.07. The van der Waals surface area contributed by atoms with E-state index in [2.05, 4.69) is 16.8 Å². The molecule has 1 unspecified atom stereocenters. The largest absolute Gasteiger partial charge is 0.378 e. The lowest BCUT2D eigenvalue weighted by Gasteiger charge is -2.35. The van der Waals surface area contributed by atoms with Gasteiger partial charge in [0, 0.05) is 51.7 Å². The number of carbonyl (C=O) groups excluding carboxylic acids is 1. The van der Waals surface area contributed by atoms with Gasteiger partial charge in [0.25, 0.3) is 0 Å². The van der Waals surface area contributed by atoms with E-state index < -0.39 is 0 Å². The van der Waals surface area contributed by atoms with E-state index in [-0.39, 0.29) is 11.9 Å². The lowest BCUT2D eigenvalue weighted by atomic mass is 10.1. The Morgan fingerprint density at radius 1 is 1.39 bits per heavy atom. The Bertz CT molecular complexity index is 282. The van der Waals surface area contributed by atoms with Crippen molar-refractivity contribution in [2.45, 2.75) is 12.5 Å². The molecule has 18 heavy (non-hydrogen) atoms. The van der Waals surface area contributed by atoms with Crippen molar-refractivity contribution in [1.82, 2.24) is 15.1 Å². The molecular weight excluding hydrogens is 230 g/mol. The SMILES string of the molecule is C=CCN1CCN(C(=O)CC2COCCN2)CC1. The molecule has 1 amide bonds. The summed E-state index contributed by atoms with van der Waals surface area (Å²) >= 11 is 0. The van der Waals surface area contributed by atoms with Gasteiger partial charge in [-0.15, -0.1) is 6.58 Å². The average Bonchev–Trinajstić information content (AvgIpc) is 2.41. The normalized spacial score (nSPS) is 26.0. The van der Waals surface area contributed by atoms with Gasteiger partial charge >= 0.3 is 0 Å². The fourth-order valence-corrected chi connectivity index (χ4v) is 2.45. The zero-order valence-corrected chi connectivity index (χ0v) is 10.9. The van der Waals surface area contributed by atoms with Gasteiger partial charge in [-0.25, -0.2) is 0 Å². The third-order valence-electron chi connectivity index (χ3n) is 3.53. The molecule has 0 radical (unpaired) electrons. The van der Waals surface area contributed by atoms with Gasteiger partial charge in [0.1, 0.15) is 0 Å². The molecule has 2 aliphatic rings. The maximum absolute atomic E-state index is 12.1. The fourth-order valence-electron chi connectivity index (χ4n) is 2.45. The lowest BCUT2D eigenvalue weighted by molar-refractivity contribution is -0.134. The van der Waals surface area contributed by atoms with E-state index in [1.165, 1.54) is 0 Å². The standard InChI is InChI=1S/C13H23N3O2/c1-2-4-15-5-7-16(8-6-15)13(17)10-12-11-18-9-3-14-12/h2,12,14H,1,3-11H2. The molecule has 102 valence electrons. The number of ether oxygens (including phenoxy) is 1. The zero-order valence-electron chi connectivity index (χ0n) is 10.9. The van der Waals surface area contributed by atoms with E-state index in [1.807, 2.05) is 11.0 Å². The number of hydrogen-bond acceptors (Lipinski definition) is 4. The summed E-state index contributed by atoms with van der Waals surface area (Å²) in [5, 5.41) is 3.32. The summed E-state index contributed by atoms with van der Waals surface area (Å²) in [4.78, 5) is 16.4. The maximum Gasteiger partial charge on any atom is 0.224 e. The van der Waals surface area contributed by atoms with E-state index >= 15 is 0 Å². The van der Waals surface area contributed by atoms with Gasteiger partial charge < -0.3 is 15.0 Å². The molecule has 2 fully saturated rings. The number of morpholine rings is 1. The first-order valence-corrected chi connectivity index (χ1v) is 6.71. The molecule has 1 atom stereocenters. The van der Waals surface area contributed by atoms with E-state index in [1.54, 1.807) is 0 Å². The van der Waals surface area contributed by atoms with Crippen LogP contribution in [0, 0.1) is 0 Å². The van der Waals surface area contributed by atoms with Gasteiger partial charge in [-0.2, -0.15) is 0 Å². The summed E-state index contributed by atoms with van der Waals surface area (Å²) < 4.78 is 5.37. The summed E-state index contributed by atoms with van der Waals surface area (Å²) in [7, 11) is 0. The van der Waals surface area contributed by atoms with E-state index in [9.17, 15) is 4.79 Å². The van der Waals surface area contributed by atoms with Crippen LogP contribution in [0.25, 0.3) is 0 Å². The van der Waals surface area contributed by atoms with Crippen molar-refractivity contribution >= 4 is 5.91 Å². The first-order chi connectivity index (χ1) is 8.79. The summed E-state index contributed by atoms with van der Waals surface area (Å²) in [6.07, 6.45) is 2.47. The van der Waals surface area contributed by atoms with Crippen LogP contribution >= 0.6 is 0 Å². The Labute approximate surface area is 109 Å². The van der Waals surface area contributed by atoms with Crippen LogP contribution in [0.4, 0.5) is 0 Å². The van der Waals surface area contributed by atoms with E-state index in [0.29, 0.717) is 13.0 Å². The fraction of sp³-hybridized carbons (Fsp3) is 0.769. The highest BCUT2D eigenvalue weighted by Gasteiger charge is 2.23. The third kappa shape index (κ3) is 3.80. The molecule has 0 aliphatic carbocycles. The van der Waals surface area contributed by atoms with Gasteiger partial charge in [-0.05, 0) is 0 Å². The van der Waals surface area contributed by atoms with Crippen LogP contribution in [0.2, 0.25) is 0 Å². The quantitative estimate of drug-likeness (QED) is 0.699. The molecule has 0 aromatic carbocycles. The van der Waals surface area contributed by atoms with Gasteiger partial charge in [0.2, 0.25) is 5.91 Å². The molecular formula is C13H23N3O2. The Morgan fingerprint density at radius 3 is 2.78 bits per heavy atom. The highest BCUT2D eigenvalue weighted by atomic mass is 16.5. The smallest absolute Gasteiger partial charge is 0.224 e. The molecule has 5 nitrogen and oxygen atoms in total. The predicted molar refractivity (Wildman–Crippen MR) is 70.4 cm³/mol. The highest BCUT2D eigenvalue weighted by molar-refractivity contribution is 5.77. The molecule has 2 rings (SSSR count). The van der Waals surface area contributed by atoms with Gasteiger partial charge in [-0.3, -0.25) is 9.69 Å². The number of carbonyl (C=O) groups is 1. The van der Waals surface area contributed by atoms with Crippen molar-refractivity contribution in [3.05, 3.63) is 12.7 Å². The van der Waals surface area contributed by atoms with Gasteiger partial charge in [-0.1, -0.05) is 6.08 Å². The van der Waals surface area contributed by atoms with E-state index in [0.717, 1.165) is 45.9 Å². The molecule has 5 heteroatoms. The zero-order chi connectivity index (χ0) is 12.8. The Morgan fingerprint density at radius 2 is 2.17 bits per heavy atom. The topological polar surface area (TPSA) is 44.8 Å². The first-order valence-electron chi connectivity index (χ1n) is 6.71. The Hall–Kier alpha value is -0.910. The van der Waals surface area contributed by atoms with Crippen LogP contribution in [0.3, 0.4) is 0 Å². The van der Waals surface area contributed by atoms with Crippen molar-refractivity contribution in [3.8, 4) is 0 Å². The second-order valence-corrected chi connectivity index (χ2v) is 4.90. The van der Waals surface area contributed by atoms with Crippen molar-refractivity contribution in [2.24, 2.45) is 0 Å². The van der Waals surface area contributed by atoms with Gasteiger partial charge in [0.05, 0.1) is 13.2 Å². The first kappa shape index (κ1) is 13.5. The summed E-state index contributed by atoms with van der Waals surface area (Å²) in [6, 6.07) is 0.192. The predicted octanol–water partition coefficient (Wildman–Crippen LogP) is -0.305. The molecule has 2 aliphatic heterocycles. The van der Waals surface area contributed by atoms with E-state index in [4.69, 9.17) is 4.74 Å². The number of nitrogens with one attached hydrogen (secondary N) is 1. The second kappa shape index (κ2) is 6.87. The van der Waals surface area contributed by atoms with Crippen LogP contribution in [-0.4, -0.2) is 74.2 Å². The summed E-state index contributed by atoms with van der Waals surface area (Å²) in [5.41, 5.74) is 0. The Balaban J connectivity index is 1.71. The maximum atomic E-state index is 12.1.